The zero-order chi connectivity index (χ0) is 25.1. The predicted molar refractivity (Wildman–Crippen MR) is 152 cm³/mol. The number of ether oxygens (including phenoxy) is 1. The summed E-state index contributed by atoms with van der Waals surface area (Å²) < 4.78 is 5.67. The Balaban J connectivity index is 1.62. The van der Waals surface area contributed by atoms with Gasteiger partial charge in [-0.3, -0.25) is 9.69 Å². The molecule has 0 radical (unpaired) electrons. The number of hydrogen-bond donors (Lipinski definition) is 0. The summed E-state index contributed by atoms with van der Waals surface area (Å²) in [5, 5.41) is 2.77. The van der Waals surface area contributed by atoms with Crippen molar-refractivity contribution in [3.8, 4) is 5.75 Å². The molecule has 0 unspecified atom stereocenters. The minimum Gasteiger partial charge on any atom is -0.496 e. The Morgan fingerprint density at radius 3 is 2.19 bits per heavy atom. The summed E-state index contributed by atoms with van der Waals surface area (Å²) in [5.74, 6) is 0.636. The fourth-order valence-corrected chi connectivity index (χ4v) is 5.29. The number of amidine groups is 1. The van der Waals surface area contributed by atoms with Crippen LogP contribution in [0, 0.1) is 0 Å². The van der Waals surface area contributed by atoms with Crippen LogP contribution in [0.25, 0.3) is 16.8 Å². The number of amides is 1. The van der Waals surface area contributed by atoms with Crippen molar-refractivity contribution in [1.82, 2.24) is 0 Å². The molecule has 4 nitrogen and oxygen atoms in total. The molecule has 36 heavy (non-hydrogen) atoms. The van der Waals surface area contributed by atoms with E-state index in [0.29, 0.717) is 10.1 Å². The summed E-state index contributed by atoms with van der Waals surface area (Å²) in [6.07, 6.45) is 3.85. The maximum Gasteiger partial charge on any atom is 0.271 e. The van der Waals surface area contributed by atoms with Crippen LogP contribution in [0.2, 0.25) is 0 Å². The van der Waals surface area contributed by atoms with Gasteiger partial charge >= 0.3 is 0 Å². The lowest BCUT2D eigenvalue weighted by molar-refractivity contribution is -0.113. The number of methoxy groups -OCH3 is 1. The van der Waals surface area contributed by atoms with Gasteiger partial charge in [-0.1, -0.05) is 68.4 Å². The van der Waals surface area contributed by atoms with Crippen LogP contribution < -0.4 is 9.64 Å². The van der Waals surface area contributed by atoms with Crippen LogP contribution in [0.4, 0.5) is 11.4 Å². The molecule has 5 rings (SSSR count). The van der Waals surface area contributed by atoms with Crippen LogP contribution in [0.3, 0.4) is 0 Å². The van der Waals surface area contributed by atoms with Gasteiger partial charge < -0.3 is 4.74 Å². The Morgan fingerprint density at radius 2 is 1.53 bits per heavy atom. The minimum absolute atomic E-state index is 0.0943. The van der Waals surface area contributed by atoms with Crippen LogP contribution in [0.1, 0.15) is 30.5 Å². The molecule has 1 heterocycles. The Hall–Kier alpha value is -3.83. The summed E-state index contributed by atoms with van der Waals surface area (Å²) >= 11 is 1.39. The highest BCUT2D eigenvalue weighted by molar-refractivity contribution is 8.19. The fraction of sp³-hybridized carbons (Fsp3) is 0.161. The summed E-state index contributed by atoms with van der Waals surface area (Å²) in [5.41, 5.74) is 5.00. The van der Waals surface area contributed by atoms with E-state index in [0.717, 1.165) is 46.3 Å². The number of rotatable bonds is 6. The highest BCUT2D eigenvalue weighted by atomic mass is 32.2. The molecule has 1 aliphatic heterocycles. The van der Waals surface area contributed by atoms with Gasteiger partial charge in [-0.2, -0.15) is 0 Å². The number of aryl methyl sites for hydroxylation is 2. The normalized spacial score (nSPS) is 15.9. The molecule has 4 aromatic rings. The Labute approximate surface area is 216 Å². The third kappa shape index (κ3) is 4.67. The van der Waals surface area contributed by atoms with Gasteiger partial charge in [0.1, 0.15) is 5.75 Å². The molecule has 1 amide bonds. The summed E-state index contributed by atoms with van der Waals surface area (Å²) in [7, 11) is 1.66. The van der Waals surface area contributed by atoms with Crippen LogP contribution in [-0.2, 0) is 17.6 Å². The van der Waals surface area contributed by atoms with Crippen molar-refractivity contribution in [3.05, 3.63) is 107 Å². The van der Waals surface area contributed by atoms with Crippen molar-refractivity contribution in [3.63, 3.8) is 0 Å². The number of benzene rings is 4. The number of aliphatic imine (C=N–C) groups is 1. The molecule has 1 fully saturated rings. The number of carbonyl (C=O) groups excluding carboxylic acids is 1. The number of carbonyl (C=O) groups is 1. The lowest BCUT2D eigenvalue weighted by atomic mass is 10.0. The number of nitrogens with zero attached hydrogens (tertiary/aromatic N) is 2. The summed E-state index contributed by atoms with van der Waals surface area (Å²) in [6.45, 7) is 4.25. The van der Waals surface area contributed by atoms with E-state index in [1.807, 2.05) is 54.6 Å². The van der Waals surface area contributed by atoms with E-state index in [1.165, 1.54) is 22.9 Å². The standard InChI is InChI=1S/C31H28N2O2S/c1-4-21-10-15-24(16-11-21)32-31-33(25-17-12-22(5-2)13-18-25)30(34)29(36-31)20-27-26-9-7-6-8-23(26)14-19-28(27)35-3/h6-20H,4-5H2,1-3H3/b29-20-,32-31?. The Morgan fingerprint density at radius 1 is 0.861 bits per heavy atom. The molecule has 0 spiro atoms. The fourth-order valence-electron chi connectivity index (χ4n) is 4.31. The zero-order valence-corrected chi connectivity index (χ0v) is 21.5. The first-order valence-corrected chi connectivity index (χ1v) is 13.0. The average molecular weight is 493 g/mol. The van der Waals surface area contributed by atoms with E-state index < -0.39 is 0 Å². The van der Waals surface area contributed by atoms with Gasteiger partial charge in [-0.05, 0) is 82.9 Å². The van der Waals surface area contributed by atoms with Gasteiger partial charge in [0.15, 0.2) is 5.17 Å². The van der Waals surface area contributed by atoms with E-state index >= 15 is 0 Å². The molecular formula is C31H28N2O2S. The van der Waals surface area contributed by atoms with E-state index in [2.05, 4.69) is 50.2 Å². The SMILES string of the molecule is CCc1ccc(N=C2S/C(=C\c3c(OC)ccc4ccccc34)C(=O)N2c2ccc(CC)cc2)cc1. The first-order valence-electron chi connectivity index (χ1n) is 12.2. The van der Waals surface area contributed by atoms with E-state index in [4.69, 9.17) is 9.73 Å². The molecule has 0 aromatic heterocycles. The number of hydrogen-bond acceptors (Lipinski definition) is 4. The molecule has 0 N–H and O–H groups in total. The molecule has 5 heteroatoms. The van der Waals surface area contributed by atoms with Crippen molar-refractivity contribution in [2.45, 2.75) is 26.7 Å². The quantitative estimate of drug-likeness (QED) is 0.258. The zero-order valence-electron chi connectivity index (χ0n) is 20.7. The monoisotopic (exact) mass is 492 g/mol. The second kappa shape index (κ2) is 10.4. The van der Waals surface area contributed by atoms with E-state index in [-0.39, 0.29) is 5.91 Å². The van der Waals surface area contributed by atoms with Crippen molar-refractivity contribution in [1.29, 1.82) is 0 Å². The van der Waals surface area contributed by atoms with Crippen molar-refractivity contribution in [2.75, 3.05) is 12.0 Å². The van der Waals surface area contributed by atoms with Gasteiger partial charge in [0.2, 0.25) is 0 Å². The Kier molecular flexibility index (Phi) is 6.92. The van der Waals surface area contributed by atoms with Crippen LogP contribution in [0.15, 0.2) is 94.8 Å². The maximum atomic E-state index is 13.8. The second-order valence-corrected chi connectivity index (χ2v) is 9.60. The summed E-state index contributed by atoms with van der Waals surface area (Å²) in [4.78, 5) is 21.0. The molecule has 0 aliphatic carbocycles. The van der Waals surface area contributed by atoms with Gasteiger partial charge in [0, 0.05) is 5.56 Å². The Bertz CT molecular complexity index is 1470. The molecule has 4 aromatic carbocycles. The lowest BCUT2D eigenvalue weighted by Gasteiger charge is -2.16. The second-order valence-electron chi connectivity index (χ2n) is 8.59. The molecule has 180 valence electrons. The van der Waals surface area contributed by atoms with Gasteiger partial charge in [-0.15, -0.1) is 0 Å². The third-order valence-corrected chi connectivity index (χ3v) is 7.37. The van der Waals surface area contributed by atoms with Gasteiger partial charge in [0.25, 0.3) is 5.91 Å². The molecule has 1 saturated heterocycles. The average Bonchev–Trinajstić information content (AvgIpc) is 3.23. The van der Waals surface area contributed by atoms with Crippen LogP contribution >= 0.6 is 11.8 Å². The van der Waals surface area contributed by atoms with E-state index in [9.17, 15) is 4.79 Å². The maximum absolute atomic E-state index is 13.8. The number of anilines is 1. The first-order chi connectivity index (χ1) is 17.6. The number of thioether (sulfide) groups is 1. The molecule has 0 saturated carbocycles. The minimum atomic E-state index is -0.0943. The number of fused-ring (bicyclic) bond motifs is 1. The highest BCUT2D eigenvalue weighted by Gasteiger charge is 2.35. The molecular weight excluding hydrogens is 464 g/mol. The summed E-state index contributed by atoms with van der Waals surface area (Å²) in [6, 6.07) is 28.4. The molecule has 0 bridgehead atoms. The van der Waals surface area contributed by atoms with Crippen LogP contribution in [0.5, 0.6) is 5.75 Å². The molecule has 0 atom stereocenters. The van der Waals surface area contributed by atoms with Crippen molar-refractivity contribution in [2.24, 2.45) is 4.99 Å². The van der Waals surface area contributed by atoms with Crippen LogP contribution in [-0.4, -0.2) is 18.2 Å². The predicted octanol–water partition coefficient (Wildman–Crippen LogP) is 7.78. The van der Waals surface area contributed by atoms with Crippen molar-refractivity contribution >= 4 is 51.1 Å². The third-order valence-electron chi connectivity index (χ3n) is 6.40. The topological polar surface area (TPSA) is 41.9 Å². The highest BCUT2D eigenvalue weighted by Crippen LogP contribution is 2.40. The smallest absolute Gasteiger partial charge is 0.271 e. The van der Waals surface area contributed by atoms with Gasteiger partial charge in [0.05, 0.1) is 23.4 Å². The molecule has 1 aliphatic rings. The van der Waals surface area contributed by atoms with E-state index in [1.54, 1.807) is 12.0 Å². The van der Waals surface area contributed by atoms with Crippen molar-refractivity contribution < 1.29 is 9.53 Å². The first kappa shape index (κ1) is 23.9. The largest absolute Gasteiger partial charge is 0.496 e. The van der Waals surface area contributed by atoms with Gasteiger partial charge in [-0.25, -0.2) is 4.99 Å². The lowest BCUT2D eigenvalue weighted by Crippen LogP contribution is -2.28.